The molecule has 158 valence electrons. The van der Waals surface area contributed by atoms with Crippen LogP contribution in [0.1, 0.15) is 11.1 Å². The number of benzene rings is 1. The predicted octanol–water partition coefficient (Wildman–Crippen LogP) is 2.62. The molecule has 1 fully saturated rings. The van der Waals surface area contributed by atoms with E-state index in [1.807, 2.05) is 6.07 Å². The van der Waals surface area contributed by atoms with Crippen LogP contribution in [0.3, 0.4) is 0 Å². The van der Waals surface area contributed by atoms with E-state index in [4.69, 9.17) is 4.74 Å². The number of nitrogens with zero attached hydrogens (tertiary/aromatic N) is 5. The molecule has 31 heavy (non-hydrogen) atoms. The SMILES string of the molecule is C=C1C=N/C(c2c[nH]c3cccc(C#N)c23)=C(/F)CN=C(OC)N=C1N1CCNCC1. The fraction of sp³-hybridized carbons (Fsp3) is 0.273. The molecule has 2 aliphatic rings. The van der Waals surface area contributed by atoms with Crippen molar-refractivity contribution in [3.63, 3.8) is 0 Å². The smallest absolute Gasteiger partial charge is 0.313 e. The second-order valence-corrected chi connectivity index (χ2v) is 7.05. The molecular formula is C22H22FN7O. The van der Waals surface area contributed by atoms with Crippen molar-refractivity contribution >= 4 is 34.7 Å². The Balaban J connectivity index is 1.81. The Morgan fingerprint density at radius 2 is 2.10 bits per heavy atom. The summed E-state index contributed by atoms with van der Waals surface area (Å²) in [6.45, 7) is 6.92. The monoisotopic (exact) mass is 419 g/mol. The molecule has 1 aromatic carbocycles. The highest BCUT2D eigenvalue weighted by Gasteiger charge is 2.21. The maximum absolute atomic E-state index is 15.2. The van der Waals surface area contributed by atoms with Crippen molar-refractivity contribution in [1.82, 2.24) is 15.2 Å². The Kier molecular flexibility index (Phi) is 5.91. The van der Waals surface area contributed by atoms with E-state index in [9.17, 15) is 5.26 Å². The van der Waals surface area contributed by atoms with Crippen molar-refractivity contribution in [2.24, 2.45) is 15.0 Å². The van der Waals surface area contributed by atoms with Crippen molar-refractivity contribution in [2.75, 3.05) is 39.8 Å². The van der Waals surface area contributed by atoms with Crippen LogP contribution in [0.2, 0.25) is 0 Å². The van der Waals surface area contributed by atoms with E-state index in [2.05, 4.69) is 42.8 Å². The number of aliphatic imine (C=N–C) groups is 3. The first-order chi connectivity index (χ1) is 15.1. The second kappa shape index (κ2) is 8.93. The van der Waals surface area contributed by atoms with Gasteiger partial charge in [-0.25, -0.2) is 9.38 Å². The summed E-state index contributed by atoms with van der Waals surface area (Å²) in [7, 11) is 1.45. The maximum atomic E-state index is 15.2. The number of piperazine rings is 1. The summed E-state index contributed by atoms with van der Waals surface area (Å²) < 4.78 is 20.5. The number of halogens is 1. The Morgan fingerprint density at radius 1 is 1.29 bits per heavy atom. The van der Waals surface area contributed by atoms with Crippen LogP contribution in [-0.2, 0) is 4.74 Å². The van der Waals surface area contributed by atoms with Gasteiger partial charge in [-0.1, -0.05) is 12.6 Å². The standard InChI is InChI=1S/C22H22FN7O/c1-14-11-27-20(16-12-26-18-5-3-4-15(10-24)19(16)18)17(23)13-28-22(31-2)29-21(14)30-8-6-25-7-9-30/h3-5,11-12,25-26H,1,6-9,13H2,2H3/b20-17+,27-11?,28-22?,29-21?. The maximum Gasteiger partial charge on any atom is 0.313 e. The van der Waals surface area contributed by atoms with E-state index in [1.165, 1.54) is 13.3 Å². The van der Waals surface area contributed by atoms with Crippen molar-refractivity contribution in [1.29, 1.82) is 5.26 Å². The number of nitriles is 1. The zero-order valence-electron chi connectivity index (χ0n) is 17.2. The Labute approximate surface area is 179 Å². The van der Waals surface area contributed by atoms with Crippen molar-refractivity contribution in [2.45, 2.75) is 0 Å². The number of aromatic amines is 1. The minimum atomic E-state index is -0.562. The van der Waals surface area contributed by atoms with Gasteiger partial charge in [0.1, 0.15) is 17.4 Å². The van der Waals surface area contributed by atoms with Gasteiger partial charge >= 0.3 is 6.02 Å². The highest BCUT2D eigenvalue weighted by molar-refractivity contribution is 6.18. The summed E-state index contributed by atoms with van der Waals surface area (Å²) in [5.41, 5.74) is 2.26. The quantitative estimate of drug-likeness (QED) is 0.742. The first kappa shape index (κ1) is 20.5. The third-order valence-electron chi connectivity index (χ3n) is 5.13. The summed E-state index contributed by atoms with van der Waals surface area (Å²) >= 11 is 0. The fourth-order valence-corrected chi connectivity index (χ4v) is 3.62. The third kappa shape index (κ3) is 4.11. The van der Waals surface area contributed by atoms with Gasteiger partial charge in [-0.15, -0.1) is 0 Å². The topological polar surface area (TPSA) is 101 Å². The summed E-state index contributed by atoms with van der Waals surface area (Å²) in [6.07, 6.45) is 3.15. The number of amidine groups is 2. The van der Waals surface area contributed by atoms with E-state index >= 15 is 4.39 Å². The minimum absolute atomic E-state index is 0.0659. The lowest BCUT2D eigenvalue weighted by Gasteiger charge is -2.30. The van der Waals surface area contributed by atoms with Crippen LogP contribution in [0.5, 0.6) is 0 Å². The lowest BCUT2D eigenvalue weighted by atomic mass is 10.0. The zero-order valence-corrected chi connectivity index (χ0v) is 17.2. The van der Waals surface area contributed by atoms with Gasteiger partial charge in [0.2, 0.25) is 0 Å². The number of methoxy groups -OCH3 is 1. The van der Waals surface area contributed by atoms with Crippen LogP contribution in [0.4, 0.5) is 4.39 Å². The normalized spacial score (nSPS) is 20.3. The van der Waals surface area contributed by atoms with Crippen LogP contribution in [0.25, 0.3) is 16.6 Å². The number of nitrogens with one attached hydrogen (secondary N) is 2. The molecule has 1 aromatic heterocycles. The van der Waals surface area contributed by atoms with E-state index < -0.39 is 5.83 Å². The van der Waals surface area contributed by atoms with Crippen molar-refractivity contribution in [3.8, 4) is 6.07 Å². The Morgan fingerprint density at radius 3 is 2.84 bits per heavy atom. The van der Waals surface area contributed by atoms with E-state index in [-0.39, 0.29) is 18.3 Å². The van der Waals surface area contributed by atoms with Crippen LogP contribution in [0.15, 0.2) is 57.4 Å². The molecule has 2 aliphatic heterocycles. The van der Waals surface area contributed by atoms with Crippen molar-refractivity contribution < 1.29 is 9.13 Å². The molecule has 2 aromatic rings. The summed E-state index contributed by atoms with van der Waals surface area (Å²) in [4.78, 5) is 18.2. The summed E-state index contributed by atoms with van der Waals surface area (Å²) in [5.74, 6) is 0.0252. The number of rotatable bonds is 1. The summed E-state index contributed by atoms with van der Waals surface area (Å²) in [5, 5.41) is 13.4. The van der Waals surface area contributed by atoms with Gasteiger partial charge in [-0.05, 0) is 12.1 Å². The average Bonchev–Trinajstić information content (AvgIpc) is 3.23. The summed E-state index contributed by atoms with van der Waals surface area (Å²) in [6, 6.07) is 7.52. The first-order valence-electron chi connectivity index (χ1n) is 9.87. The number of ether oxygens (including phenoxy) is 1. The van der Waals surface area contributed by atoms with Gasteiger partial charge in [-0.2, -0.15) is 10.3 Å². The van der Waals surface area contributed by atoms with Crippen LogP contribution in [0, 0.1) is 11.3 Å². The molecule has 2 N–H and O–H groups in total. The molecule has 1 saturated heterocycles. The Bertz CT molecular complexity index is 1180. The number of hydrogen-bond acceptors (Lipinski definition) is 7. The molecule has 8 nitrogen and oxygen atoms in total. The number of aromatic nitrogens is 1. The molecule has 0 unspecified atom stereocenters. The lowest BCUT2D eigenvalue weighted by molar-refractivity contribution is 0.355. The van der Waals surface area contributed by atoms with Gasteiger partial charge in [0.25, 0.3) is 0 Å². The van der Waals surface area contributed by atoms with Crippen LogP contribution >= 0.6 is 0 Å². The van der Waals surface area contributed by atoms with Crippen molar-refractivity contribution in [3.05, 3.63) is 53.5 Å². The highest BCUT2D eigenvalue weighted by atomic mass is 19.1. The molecule has 0 radical (unpaired) electrons. The highest BCUT2D eigenvalue weighted by Crippen LogP contribution is 2.31. The van der Waals surface area contributed by atoms with Gasteiger partial charge in [0.15, 0.2) is 0 Å². The van der Waals surface area contributed by atoms with Gasteiger partial charge in [0.05, 0.1) is 25.3 Å². The lowest BCUT2D eigenvalue weighted by Crippen LogP contribution is -2.47. The van der Waals surface area contributed by atoms with E-state index in [0.717, 1.165) is 31.7 Å². The van der Waals surface area contributed by atoms with E-state index in [1.54, 1.807) is 18.3 Å². The Hall–Kier alpha value is -3.77. The first-order valence-corrected chi connectivity index (χ1v) is 9.87. The molecule has 4 rings (SSSR count). The van der Waals surface area contributed by atoms with Gasteiger partial charge in [0, 0.05) is 60.6 Å². The predicted molar refractivity (Wildman–Crippen MR) is 120 cm³/mol. The average molecular weight is 419 g/mol. The molecule has 0 saturated carbocycles. The van der Waals surface area contributed by atoms with Gasteiger partial charge in [-0.3, -0.25) is 4.99 Å². The zero-order chi connectivity index (χ0) is 21.8. The molecule has 0 amide bonds. The molecule has 9 heteroatoms. The molecule has 0 atom stereocenters. The molecule has 0 spiro atoms. The number of H-pyrrole nitrogens is 1. The molecule has 0 aliphatic carbocycles. The molecule has 0 bridgehead atoms. The fourth-order valence-electron chi connectivity index (χ4n) is 3.62. The largest absolute Gasteiger partial charge is 0.467 e. The van der Waals surface area contributed by atoms with Crippen LogP contribution in [-0.4, -0.2) is 67.8 Å². The van der Waals surface area contributed by atoms with Gasteiger partial charge < -0.3 is 19.9 Å². The minimum Gasteiger partial charge on any atom is -0.467 e. The number of fused-ring (bicyclic) bond motifs is 1. The molecule has 3 heterocycles. The van der Waals surface area contributed by atoms with Crippen LogP contribution < -0.4 is 5.32 Å². The molecular weight excluding hydrogens is 397 g/mol. The van der Waals surface area contributed by atoms with E-state index in [0.29, 0.717) is 27.9 Å². The third-order valence-corrected chi connectivity index (χ3v) is 5.13. The number of hydrogen-bond donors (Lipinski definition) is 2. The second-order valence-electron chi connectivity index (χ2n) is 7.05.